The summed E-state index contributed by atoms with van der Waals surface area (Å²) in [4.78, 5) is 5.64. The van der Waals surface area contributed by atoms with Gasteiger partial charge in [-0.2, -0.15) is 0 Å². The van der Waals surface area contributed by atoms with E-state index in [4.69, 9.17) is 9.47 Å². The number of benzene rings is 1. The van der Waals surface area contributed by atoms with Crippen LogP contribution in [0, 0.1) is 0 Å². The Balaban J connectivity index is 1.78. The minimum absolute atomic E-state index is 0.0235. The van der Waals surface area contributed by atoms with E-state index >= 15 is 0 Å². The summed E-state index contributed by atoms with van der Waals surface area (Å²) in [5.41, 5.74) is 0. The maximum Gasteiger partial charge on any atom is 0.191 e. The Morgan fingerprint density at radius 3 is 2.44 bits per heavy atom. The molecule has 5 nitrogen and oxygen atoms in total. The van der Waals surface area contributed by atoms with Gasteiger partial charge >= 0.3 is 0 Å². The number of ether oxygens (including phenoxy) is 2. The summed E-state index contributed by atoms with van der Waals surface area (Å²) >= 11 is 1.78. The van der Waals surface area contributed by atoms with E-state index in [1.807, 2.05) is 31.2 Å². The fraction of sp³-hybridized carbons (Fsp3) is 0.421. The monoisotopic (exact) mass is 361 g/mol. The predicted molar refractivity (Wildman–Crippen MR) is 105 cm³/mol. The van der Waals surface area contributed by atoms with Crippen LogP contribution in [-0.2, 0) is 0 Å². The normalized spacial score (nSPS) is 13.8. The molecule has 0 aliphatic carbocycles. The largest absolute Gasteiger partial charge is 0.493 e. The second-order valence-electron chi connectivity index (χ2n) is 5.83. The highest BCUT2D eigenvalue weighted by molar-refractivity contribution is 7.10. The number of hydrogen-bond donors (Lipinski definition) is 2. The van der Waals surface area contributed by atoms with Crippen molar-refractivity contribution in [2.75, 3.05) is 27.2 Å². The van der Waals surface area contributed by atoms with Crippen molar-refractivity contribution in [1.82, 2.24) is 10.6 Å². The topological polar surface area (TPSA) is 54.9 Å². The van der Waals surface area contributed by atoms with Crippen molar-refractivity contribution in [3.8, 4) is 11.5 Å². The Bertz CT molecular complexity index is 658. The lowest BCUT2D eigenvalue weighted by molar-refractivity contribution is 0.213. The maximum atomic E-state index is 5.95. The van der Waals surface area contributed by atoms with Gasteiger partial charge in [0.15, 0.2) is 17.5 Å². The maximum absolute atomic E-state index is 5.95. The lowest BCUT2D eigenvalue weighted by atomic mass is 10.1. The van der Waals surface area contributed by atoms with Crippen LogP contribution in [-0.4, -0.2) is 39.3 Å². The minimum Gasteiger partial charge on any atom is -0.493 e. The van der Waals surface area contributed by atoms with Crippen LogP contribution >= 0.6 is 11.3 Å². The van der Waals surface area contributed by atoms with Crippen molar-refractivity contribution in [2.45, 2.75) is 25.9 Å². The van der Waals surface area contributed by atoms with Gasteiger partial charge in [-0.3, -0.25) is 4.99 Å². The standard InChI is InChI=1S/C19H27N3O2S/c1-14(18-10-7-11-25-18)12-21-19(20-3)22-13-15(2)24-17-9-6-5-8-16(17)23-4/h5-11,14-15H,12-13H2,1-4H3,(H2,20,21,22). The van der Waals surface area contributed by atoms with Crippen LogP contribution < -0.4 is 20.1 Å². The fourth-order valence-corrected chi connectivity index (χ4v) is 3.14. The summed E-state index contributed by atoms with van der Waals surface area (Å²) in [7, 11) is 3.42. The second kappa shape index (κ2) is 9.93. The molecular formula is C19H27N3O2S. The zero-order valence-corrected chi connectivity index (χ0v) is 16.1. The number of guanidine groups is 1. The third kappa shape index (κ3) is 5.98. The van der Waals surface area contributed by atoms with Gasteiger partial charge in [0, 0.05) is 24.4 Å². The first-order valence-corrected chi connectivity index (χ1v) is 9.29. The van der Waals surface area contributed by atoms with Crippen LogP contribution in [0.25, 0.3) is 0 Å². The Kier molecular flexibility index (Phi) is 7.60. The van der Waals surface area contributed by atoms with Gasteiger partial charge in [0.2, 0.25) is 0 Å². The summed E-state index contributed by atoms with van der Waals surface area (Å²) < 4.78 is 11.3. The van der Waals surface area contributed by atoms with Gasteiger partial charge in [-0.25, -0.2) is 0 Å². The summed E-state index contributed by atoms with van der Waals surface area (Å²) in [6.45, 7) is 5.70. The summed E-state index contributed by atoms with van der Waals surface area (Å²) in [6.07, 6.45) is -0.0235. The van der Waals surface area contributed by atoms with E-state index in [9.17, 15) is 0 Å². The number of para-hydroxylation sites is 2. The molecule has 0 amide bonds. The first-order chi connectivity index (χ1) is 12.1. The van der Waals surface area contributed by atoms with Crippen molar-refractivity contribution in [3.63, 3.8) is 0 Å². The molecule has 2 atom stereocenters. The van der Waals surface area contributed by atoms with Crippen LogP contribution in [0.2, 0.25) is 0 Å². The molecule has 2 rings (SSSR count). The first kappa shape index (κ1) is 19.1. The molecule has 1 aromatic carbocycles. The molecule has 136 valence electrons. The fourth-order valence-electron chi connectivity index (χ4n) is 2.36. The van der Waals surface area contributed by atoms with E-state index in [-0.39, 0.29) is 6.10 Å². The van der Waals surface area contributed by atoms with E-state index in [1.165, 1.54) is 4.88 Å². The highest BCUT2D eigenvalue weighted by Crippen LogP contribution is 2.26. The van der Waals surface area contributed by atoms with Crippen molar-refractivity contribution in [1.29, 1.82) is 0 Å². The third-order valence-electron chi connectivity index (χ3n) is 3.78. The van der Waals surface area contributed by atoms with E-state index < -0.39 is 0 Å². The molecule has 0 aliphatic heterocycles. The van der Waals surface area contributed by atoms with Gasteiger partial charge in [-0.1, -0.05) is 25.1 Å². The predicted octanol–water partition coefficient (Wildman–Crippen LogP) is 3.49. The van der Waals surface area contributed by atoms with Gasteiger partial charge in [0.25, 0.3) is 0 Å². The van der Waals surface area contributed by atoms with Gasteiger partial charge in [-0.15, -0.1) is 11.3 Å². The molecule has 1 aromatic heterocycles. The van der Waals surface area contributed by atoms with E-state index in [1.54, 1.807) is 25.5 Å². The van der Waals surface area contributed by atoms with Crippen molar-refractivity contribution >= 4 is 17.3 Å². The smallest absolute Gasteiger partial charge is 0.191 e. The number of nitrogens with zero attached hydrogens (tertiary/aromatic N) is 1. The number of hydrogen-bond acceptors (Lipinski definition) is 4. The number of rotatable bonds is 8. The first-order valence-electron chi connectivity index (χ1n) is 8.41. The molecule has 1 heterocycles. The number of methoxy groups -OCH3 is 1. The highest BCUT2D eigenvalue weighted by Gasteiger charge is 2.11. The Morgan fingerprint density at radius 2 is 1.80 bits per heavy atom. The average molecular weight is 362 g/mol. The molecular weight excluding hydrogens is 334 g/mol. The third-order valence-corrected chi connectivity index (χ3v) is 4.89. The molecule has 0 saturated carbocycles. The van der Waals surface area contributed by atoms with Crippen LogP contribution in [0.5, 0.6) is 11.5 Å². The van der Waals surface area contributed by atoms with E-state index in [2.05, 4.69) is 40.1 Å². The van der Waals surface area contributed by atoms with Crippen molar-refractivity contribution < 1.29 is 9.47 Å². The van der Waals surface area contributed by atoms with Crippen LogP contribution in [0.4, 0.5) is 0 Å². The van der Waals surface area contributed by atoms with E-state index in [0.29, 0.717) is 12.5 Å². The molecule has 0 bridgehead atoms. The average Bonchev–Trinajstić information content (AvgIpc) is 3.17. The van der Waals surface area contributed by atoms with Crippen molar-refractivity contribution in [2.24, 2.45) is 4.99 Å². The Hall–Kier alpha value is -2.21. The molecule has 0 radical (unpaired) electrons. The van der Waals surface area contributed by atoms with Gasteiger partial charge < -0.3 is 20.1 Å². The van der Waals surface area contributed by atoms with Crippen LogP contribution in [0.3, 0.4) is 0 Å². The zero-order valence-electron chi connectivity index (χ0n) is 15.3. The molecule has 0 aliphatic rings. The molecule has 0 saturated heterocycles. The minimum atomic E-state index is -0.0235. The molecule has 2 N–H and O–H groups in total. The van der Waals surface area contributed by atoms with Crippen LogP contribution in [0.1, 0.15) is 24.6 Å². The molecule has 0 spiro atoms. The summed E-state index contributed by atoms with van der Waals surface area (Å²) in [6, 6.07) is 11.9. The van der Waals surface area contributed by atoms with Crippen molar-refractivity contribution in [3.05, 3.63) is 46.7 Å². The highest BCUT2D eigenvalue weighted by atomic mass is 32.1. The number of aliphatic imine (C=N–C) groups is 1. The number of nitrogens with one attached hydrogen (secondary N) is 2. The molecule has 0 fully saturated rings. The molecule has 2 aromatic rings. The summed E-state index contributed by atoms with van der Waals surface area (Å²) in [5.74, 6) is 2.70. The van der Waals surface area contributed by atoms with Gasteiger partial charge in [0.1, 0.15) is 6.10 Å². The molecule has 2 unspecified atom stereocenters. The Labute approximate surface area is 154 Å². The second-order valence-corrected chi connectivity index (χ2v) is 6.81. The van der Waals surface area contributed by atoms with E-state index in [0.717, 1.165) is 24.0 Å². The SMILES string of the molecule is CN=C(NCC(C)Oc1ccccc1OC)NCC(C)c1cccs1. The Morgan fingerprint density at radius 1 is 1.08 bits per heavy atom. The quantitative estimate of drug-likeness (QED) is 0.558. The zero-order chi connectivity index (χ0) is 18.1. The number of thiophene rings is 1. The van der Waals surface area contributed by atoms with Crippen LogP contribution in [0.15, 0.2) is 46.8 Å². The van der Waals surface area contributed by atoms with Gasteiger partial charge in [-0.05, 0) is 30.5 Å². The van der Waals surface area contributed by atoms with Gasteiger partial charge in [0.05, 0.1) is 13.7 Å². The molecule has 25 heavy (non-hydrogen) atoms. The lowest BCUT2D eigenvalue weighted by Gasteiger charge is -2.20. The molecule has 6 heteroatoms. The summed E-state index contributed by atoms with van der Waals surface area (Å²) in [5, 5.41) is 8.78. The lowest BCUT2D eigenvalue weighted by Crippen LogP contribution is -2.42.